The monoisotopic (exact) mass is 478 g/mol. The third-order valence-electron chi connectivity index (χ3n) is 3.46. The van der Waals surface area contributed by atoms with Crippen molar-refractivity contribution in [1.82, 2.24) is 0 Å². The van der Waals surface area contributed by atoms with E-state index in [-0.39, 0.29) is 33.6 Å². The minimum atomic E-state index is -0.112. The molecule has 114 valence electrons. The van der Waals surface area contributed by atoms with Gasteiger partial charge in [0, 0.05) is 34.1 Å². The second kappa shape index (κ2) is 14.6. The van der Waals surface area contributed by atoms with E-state index in [4.69, 9.17) is 4.74 Å². The molecule has 21 heavy (non-hydrogen) atoms. The van der Waals surface area contributed by atoms with Crippen molar-refractivity contribution in [3.8, 4) is 5.75 Å². The fraction of sp³-hybridized carbons (Fsp3) is 0.611. The number of carbonyl (C=O) groups is 1. The van der Waals surface area contributed by atoms with Crippen LogP contribution in [0.4, 0.5) is 0 Å². The standard InChI is InChI=1S/C18H28O2.Hg/c1-2-3-4-5-6-7-8-9-13-16-18(19)20-17-14-11-10-12-15-17;/h10-12,14-15H,2-9,13,16H2,1H3;. The molecule has 0 aliphatic rings. The van der Waals surface area contributed by atoms with Crippen molar-refractivity contribution in [3.05, 3.63) is 30.3 Å². The Balaban J connectivity index is 0.00000400. The van der Waals surface area contributed by atoms with E-state index in [0.29, 0.717) is 12.2 Å². The molecule has 0 atom stereocenters. The van der Waals surface area contributed by atoms with Gasteiger partial charge in [-0.25, -0.2) is 0 Å². The summed E-state index contributed by atoms with van der Waals surface area (Å²) in [7, 11) is 0. The van der Waals surface area contributed by atoms with Crippen LogP contribution in [0.5, 0.6) is 5.75 Å². The van der Waals surface area contributed by atoms with Crippen molar-refractivity contribution < 1.29 is 37.2 Å². The molecule has 1 aromatic carbocycles. The van der Waals surface area contributed by atoms with Gasteiger partial charge in [0.1, 0.15) is 5.75 Å². The first-order chi connectivity index (χ1) is 9.83. The van der Waals surface area contributed by atoms with Gasteiger partial charge in [-0.1, -0.05) is 76.5 Å². The van der Waals surface area contributed by atoms with E-state index in [0.717, 1.165) is 12.8 Å². The smallest absolute Gasteiger partial charge is 0.311 e. The van der Waals surface area contributed by atoms with Gasteiger partial charge in [-0.05, 0) is 18.6 Å². The number of carbonyl (C=O) groups excluding carboxylic acids is 1. The third kappa shape index (κ3) is 11.9. The van der Waals surface area contributed by atoms with Crippen LogP contribution in [0.3, 0.4) is 0 Å². The van der Waals surface area contributed by atoms with Gasteiger partial charge in [-0.3, -0.25) is 4.79 Å². The maximum atomic E-state index is 11.6. The van der Waals surface area contributed by atoms with Crippen LogP contribution in [0, 0.1) is 0 Å². The van der Waals surface area contributed by atoms with Crippen LogP contribution in [0.25, 0.3) is 0 Å². The first kappa shape index (κ1) is 20.6. The Morgan fingerprint density at radius 1 is 0.857 bits per heavy atom. The molecule has 0 aromatic heterocycles. The molecule has 0 N–H and O–H groups in total. The van der Waals surface area contributed by atoms with E-state index in [1.165, 1.54) is 44.9 Å². The molecule has 0 spiro atoms. The Kier molecular flexibility index (Phi) is 14.3. The van der Waals surface area contributed by atoms with Crippen LogP contribution >= 0.6 is 0 Å². The number of unbranched alkanes of at least 4 members (excludes halogenated alkanes) is 8. The van der Waals surface area contributed by atoms with Gasteiger partial charge in [-0.15, -0.1) is 0 Å². The van der Waals surface area contributed by atoms with E-state index >= 15 is 0 Å². The molecule has 0 heterocycles. The second-order valence-corrected chi connectivity index (χ2v) is 5.37. The van der Waals surface area contributed by atoms with Gasteiger partial charge in [0.05, 0.1) is 0 Å². The molecule has 0 fully saturated rings. The Morgan fingerprint density at radius 3 is 1.95 bits per heavy atom. The average molecular weight is 477 g/mol. The zero-order chi connectivity index (χ0) is 14.5. The molecule has 1 aromatic rings. The van der Waals surface area contributed by atoms with E-state index < -0.39 is 0 Å². The number of hydrogen-bond donors (Lipinski definition) is 0. The van der Waals surface area contributed by atoms with Crippen LogP contribution in [0.1, 0.15) is 71.1 Å². The van der Waals surface area contributed by atoms with Crippen LogP contribution in [-0.2, 0) is 32.5 Å². The molecule has 2 nitrogen and oxygen atoms in total. The second-order valence-electron chi connectivity index (χ2n) is 5.37. The fourth-order valence-electron chi connectivity index (χ4n) is 2.25. The molecule has 0 amide bonds. The minimum Gasteiger partial charge on any atom is -0.427 e. The Labute approximate surface area is 150 Å². The van der Waals surface area contributed by atoms with Crippen LogP contribution in [-0.4, -0.2) is 5.97 Å². The average Bonchev–Trinajstić information content (AvgIpc) is 2.46. The number of esters is 1. The van der Waals surface area contributed by atoms with Crippen LogP contribution in [0.2, 0.25) is 0 Å². The SMILES string of the molecule is CCCCCCCCCCCC(=O)Oc1ccccc1.[Hg]. The van der Waals surface area contributed by atoms with Gasteiger partial charge >= 0.3 is 5.97 Å². The molecule has 3 heteroatoms. The van der Waals surface area contributed by atoms with Crippen molar-refractivity contribution in [2.45, 2.75) is 71.1 Å². The first-order valence-electron chi connectivity index (χ1n) is 8.08. The molecule has 0 aliphatic carbocycles. The first-order valence-corrected chi connectivity index (χ1v) is 8.08. The summed E-state index contributed by atoms with van der Waals surface area (Å²) in [6, 6.07) is 9.29. The predicted octanol–water partition coefficient (Wildman–Crippen LogP) is 5.51. The van der Waals surface area contributed by atoms with E-state index in [9.17, 15) is 4.79 Å². The summed E-state index contributed by atoms with van der Waals surface area (Å²) in [5, 5.41) is 0. The molecule has 0 radical (unpaired) electrons. The molecule has 0 unspecified atom stereocenters. The molecular formula is C18H28HgO2. The van der Waals surface area contributed by atoms with Crippen molar-refractivity contribution in [3.63, 3.8) is 0 Å². The Morgan fingerprint density at radius 2 is 1.38 bits per heavy atom. The van der Waals surface area contributed by atoms with Gasteiger partial charge in [0.15, 0.2) is 0 Å². The van der Waals surface area contributed by atoms with E-state index in [1.54, 1.807) is 0 Å². The number of rotatable bonds is 11. The normalized spacial score (nSPS) is 9.95. The molecule has 1 rings (SSSR count). The van der Waals surface area contributed by atoms with E-state index in [1.807, 2.05) is 30.3 Å². The van der Waals surface area contributed by atoms with Crippen molar-refractivity contribution in [2.24, 2.45) is 0 Å². The molecular weight excluding hydrogens is 449 g/mol. The van der Waals surface area contributed by atoms with Gasteiger partial charge < -0.3 is 4.74 Å². The molecule has 0 bridgehead atoms. The van der Waals surface area contributed by atoms with Crippen molar-refractivity contribution >= 4 is 5.97 Å². The zero-order valence-electron chi connectivity index (χ0n) is 13.5. The maximum absolute atomic E-state index is 11.6. The fourth-order valence-corrected chi connectivity index (χ4v) is 2.25. The Hall–Kier alpha value is -0.375. The summed E-state index contributed by atoms with van der Waals surface area (Å²) in [6.07, 6.45) is 11.9. The quantitative estimate of drug-likeness (QED) is 0.182. The summed E-state index contributed by atoms with van der Waals surface area (Å²) in [5.41, 5.74) is 0. The van der Waals surface area contributed by atoms with E-state index in [2.05, 4.69) is 6.92 Å². The minimum absolute atomic E-state index is 0. The molecule has 0 aliphatic heterocycles. The van der Waals surface area contributed by atoms with Gasteiger partial charge in [-0.2, -0.15) is 0 Å². The summed E-state index contributed by atoms with van der Waals surface area (Å²) in [5.74, 6) is 0.535. The summed E-state index contributed by atoms with van der Waals surface area (Å²) in [4.78, 5) is 11.6. The number of para-hydroxylation sites is 1. The number of ether oxygens (including phenoxy) is 1. The maximum Gasteiger partial charge on any atom is 0.311 e. The van der Waals surface area contributed by atoms with Crippen LogP contribution in [0.15, 0.2) is 30.3 Å². The summed E-state index contributed by atoms with van der Waals surface area (Å²) >= 11 is 0. The largest absolute Gasteiger partial charge is 0.427 e. The van der Waals surface area contributed by atoms with Crippen molar-refractivity contribution in [2.75, 3.05) is 0 Å². The number of benzene rings is 1. The predicted molar refractivity (Wildman–Crippen MR) is 83.9 cm³/mol. The van der Waals surface area contributed by atoms with Crippen molar-refractivity contribution in [1.29, 1.82) is 0 Å². The molecule has 0 saturated carbocycles. The zero-order valence-corrected chi connectivity index (χ0v) is 19.0. The summed E-state index contributed by atoms with van der Waals surface area (Å²) < 4.78 is 5.25. The number of hydrogen-bond acceptors (Lipinski definition) is 2. The third-order valence-corrected chi connectivity index (χ3v) is 3.46. The van der Waals surface area contributed by atoms with Gasteiger partial charge in [0.2, 0.25) is 0 Å². The topological polar surface area (TPSA) is 26.3 Å². The van der Waals surface area contributed by atoms with Gasteiger partial charge in [0.25, 0.3) is 0 Å². The Bertz CT molecular complexity index is 351. The molecule has 0 saturated heterocycles. The summed E-state index contributed by atoms with van der Waals surface area (Å²) in [6.45, 7) is 2.24. The van der Waals surface area contributed by atoms with Crippen LogP contribution < -0.4 is 4.74 Å².